The van der Waals surface area contributed by atoms with Crippen molar-refractivity contribution in [2.24, 2.45) is 0 Å². The summed E-state index contributed by atoms with van der Waals surface area (Å²) in [6.45, 7) is 1.21. The van der Waals surface area contributed by atoms with Crippen molar-refractivity contribution >= 4 is 22.5 Å². The summed E-state index contributed by atoms with van der Waals surface area (Å²) in [6.07, 6.45) is 0.101. The van der Waals surface area contributed by atoms with E-state index in [0.29, 0.717) is 48.4 Å². The normalized spacial score (nSPS) is 16.5. The summed E-state index contributed by atoms with van der Waals surface area (Å²) in [5.74, 6) is 0.0667. The van der Waals surface area contributed by atoms with E-state index >= 15 is 0 Å². The molecule has 1 aromatic heterocycles. The smallest absolute Gasteiger partial charge is 0.275 e. The lowest BCUT2D eigenvalue weighted by atomic mass is 10.1. The highest BCUT2D eigenvalue weighted by atomic mass is 19.1. The Hall–Kier alpha value is -3.13. The number of nitrogens with zero attached hydrogens (tertiary/aromatic N) is 2. The van der Waals surface area contributed by atoms with E-state index < -0.39 is 6.10 Å². The highest BCUT2D eigenvalue weighted by Crippen LogP contribution is 2.25. The molecule has 0 spiro atoms. The molecule has 8 heteroatoms. The number of methoxy groups -OCH3 is 1. The van der Waals surface area contributed by atoms with E-state index in [1.54, 1.807) is 18.1 Å². The van der Waals surface area contributed by atoms with Gasteiger partial charge in [0.2, 0.25) is 0 Å². The molecular weight excluding hydrogens is 363 g/mol. The fraction of sp³-hybridized carbons (Fsp3) is 0.300. The number of carbonyl (C=O) groups excluding carboxylic acids is 1. The third-order valence-electron chi connectivity index (χ3n) is 4.94. The lowest BCUT2D eigenvalue weighted by molar-refractivity contribution is 0.0761. The number of β-amino-alcohol motifs (C(OH)–C–C–N with tert-alkyl or cyclic N) is 1. The van der Waals surface area contributed by atoms with Gasteiger partial charge in [0.15, 0.2) is 5.69 Å². The van der Waals surface area contributed by atoms with Gasteiger partial charge in [0.1, 0.15) is 11.6 Å². The molecule has 1 fully saturated rings. The van der Waals surface area contributed by atoms with Gasteiger partial charge >= 0.3 is 0 Å². The minimum atomic E-state index is -0.479. The predicted octanol–water partition coefficient (Wildman–Crippen LogP) is 2.53. The van der Waals surface area contributed by atoms with Crippen LogP contribution in [0.25, 0.3) is 10.9 Å². The van der Waals surface area contributed by atoms with Crippen LogP contribution in [-0.4, -0.2) is 52.4 Å². The van der Waals surface area contributed by atoms with Crippen molar-refractivity contribution in [3.05, 3.63) is 53.5 Å². The second kappa shape index (κ2) is 7.47. The number of hydrogen-bond acceptors (Lipinski definition) is 5. The largest absolute Gasteiger partial charge is 0.496 e. The van der Waals surface area contributed by atoms with Crippen LogP contribution < -0.4 is 10.1 Å². The Kier molecular flexibility index (Phi) is 4.87. The number of halogens is 1. The molecule has 4 rings (SSSR count). The molecule has 0 bridgehead atoms. The Labute approximate surface area is 161 Å². The number of likely N-dealkylation sites (tertiary alicyclic amines) is 1. The monoisotopic (exact) mass is 384 g/mol. The Balaban J connectivity index is 1.56. The van der Waals surface area contributed by atoms with Crippen molar-refractivity contribution in [3.8, 4) is 5.75 Å². The first kappa shape index (κ1) is 18.2. The number of anilines is 1. The summed E-state index contributed by atoms with van der Waals surface area (Å²) in [5.41, 5.74) is 2.54. The van der Waals surface area contributed by atoms with Gasteiger partial charge in [0.05, 0.1) is 18.7 Å². The van der Waals surface area contributed by atoms with Crippen molar-refractivity contribution in [1.29, 1.82) is 0 Å². The summed E-state index contributed by atoms with van der Waals surface area (Å²) in [7, 11) is 1.54. The number of aliphatic hydroxyl groups is 1. The number of aromatic nitrogens is 2. The number of aromatic amines is 1. The molecule has 1 amide bonds. The van der Waals surface area contributed by atoms with Crippen molar-refractivity contribution < 1.29 is 19.0 Å². The Morgan fingerprint density at radius 1 is 1.39 bits per heavy atom. The van der Waals surface area contributed by atoms with Gasteiger partial charge in [-0.2, -0.15) is 5.10 Å². The molecule has 0 saturated carbocycles. The first-order valence-electron chi connectivity index (χ1n) is 9.07. The quantitative estimate of drug-likeness (QED) is 0.629. The first-order valence-corrected chi connectivity index (χ1v) is 9.07. The lowest BCUT2D eigenvalue weighted by Crippen LogP contribution is -2.29. The Morgan fingerprint density at radius 3 is 3.00 bits per heavy atom. The van der Waals surface area contributed by atoms with Gasteiger partial charge < -0.3 is 20.1 Å². The summed E-state index contributed by atoms with van der Waals surface area (Å²) in [5, 5.41) is 20.6. The molecule has 2 aromatic carbocycles. The summed E-state index contributed by atoms with van der Waals surface area (Å²) < 4.78 is 18.8. The zero-order chi connectivity index (χ0) is 19.7. The maximum atomic E-state index is 13.5. The standard InChI is InChI=1S/C20H21FN4O3/c1-28-18-5-2-13(21)8-12(18)10-22-14-3-4-17-16(9-14)19(24-23-17)20(27)25-7-6-15(26)11-25/h2-5,8-9,15,22,26H,6-7,10-11H2,1H3,(H,23,24). The zero-order valence-electron chi connectivity index (χ0n) is 15.4. The topological polar surface area (TPSA) is 90.5 Å². The molecule has 2 heterocycles. The number of hydrogen-bond donors (Lipinski definition) is 3. The number of aliphatic hydroxyl groups excluding tert-OH is 1. The molecule has 1 aliphatic heterocycles. The first-order chi connectivity index (χ1) is 13.5. The van der Waals surface area contributed by atoms with E-state index in [4.69, 9.17) is 4.74 Å². The van der Waals surface area contributed by atoms with E-state index in [9.17, 15) is 14.3 Å². The number of fused-ring (bicyclic) bond motifs is 1. The average molecular weight is 384 g/mol. The number of H-pyrrole nitrogens is 1. The van der Waals surface area contributed by atoms with Crippen LogP contribution in [-0.2, 0) is 6.54 Å². The number of carbonyl (C=O) groups is 1. The molecule has 7 nitrogen and oxygen atoms in total. The minimum absolute atomic E-state index is 0.202. The van der Waals surface area contributed by atoms with E-state index in [-0.39, 0.29) is 11.7 Å². The predicted molar refractivity (Wildman–Crippen MR) is 103 cm³/mol. The summed E-state index contributed by atoms with van der Waals surface area (Å²) >= 11 is 0. The SMILES string of the molecule is COc1ccc(F)cc1CNc1ccc2[nH]nc(C(=O)N3CCC(O)C3)c2c1. The molecule has 28 heavy (non-hydrogen) atoms. The van der Waals surface area contributed by atoms with Crippen LogP contribution in [0.1, 0.15) is 22.5 Å². The molecule has 1 saturated heterocycles. The van der Waals surface area contributed by atoms with E-state index in [0.717, 1.165) is 11.2 Å². The highest BCUT2D eigenvalue weighted by Gasteiger charge is 2.28. The average Bonchev–Trinajstić information content (AvgIpc) is 3.32. The van der Waals surface area contributed by atoms with Gasteiger partial charge in [-0.1, -0.05) is 0 Å². The zero-order valence-corrected chi connectivity index (χ0v) is 15.4. The Bertz CT molecular complexity index is 1020. The molecule has 1 atom stereocenters. The Morgan fingerprint density at radius 2 is 2.25 bits per heavy atom. The van der Waals surface area contributed by atoms with Gasteiger partial charge in [-0.05, 0) is 42.8 Å². The van der Waals surface area contributed by atoms with Crippen molar-refractivity contribution in [1.82, 2.24) is 15.1 Å². The van der Waals surface area contributed by atoms with Gasteiger partial charge in [0, 0.05) is 36.3 Å². The van der Waals surface area contributed by atoms with Crippen molar-refractivity contribution in [2.45, 2.75) is 19.1 Å². The van der Waals surface area contributed by atoms with Crippen molar-refractivity contribution in [2.75, 3.05) is 25.5 Å². The van der Waals surface area contributed by atoms with Gasteiger partial charge in [0.25, 0.3) is 5.91 Å². The van der Waals surface area contributed by atoms with Crippen molar-refractivity contribution in [3.63, 3.8) is 0 Å². The fourth-order valence-electron chi connectivity index (χ4n) is 3.45. The van der Waals surface area contributed by atoms with Crippen LogP contribution >= 0.6 is 0 Å². The third-order valence-corrected chi connectivity index (χ3v) is 4.94. The van der Waals surface area contributed by atoms with Crippen LogP contribution in [0.2, 0.25) is 0 Å². The van der Waals surface area contributed by atoms with Crippen LogP contribution in [0, 0.1) is 5.82 Å². The molecule has 146 valence electrons. The molecule has 0 radical (unpaired) electrons. The van der Waals surface area contributed by atoms with Crippen LogP contribution in [0.15, 0.2) is 36.4 Å². The minimum Gasteiger partial charge on any atom is -0.496 e. The van der Waals surface area contributed by atoms with Crippen LogP contribution in [0.5, 0.6) is 5.75 Å². The number of rotatable bonds is 5. The second-order valence-corrected chi connectivity index (χ2v) is 6.84. The molecular formula is C20H21FN4O3. The molecule has 0 aliphatic carbocycles. The maximum absolute atomic E-state index is 13.5. The second-order valence-electron chi connectivity index (χ2n) is 6.84. The number of amides is 1. The van der Waals surface area contributed by atoms with Crippen LogP contribution in [0.3, 0.4) is 0 Å². The lowest BCUT2D eigenvalue weighted by Gasteiger charge is -2.14. The van der Waals surface area contributed by atoms with Gasteiger partial charge in [-0.15, -0.1) is 0 Å². The van der Waals surface area contributed by atoms with Gasteiger partial charge in [-0.3, -0.25) is 9.89 Å². The highest BCUT2D eigenvalue weighted by molar-refractivity contribution is 6.05. The van der Waals surface area contributed by atoms with Gasteiger partial charge in [-0.25, -0.2) is 4.39 Å². The molecule has 1 aliphatic rings. The van der Waals surface area contributed by atoms with E-state index in [1.807, 2.05) is 18.2 Å². The molecule has 3 aromatic rings. The molecule has 1 unspecified atom stereocenters. The number of benzene rings is 2. The molecule has 3 N–H and O–H groups in total. The van der Waals surface area contributed by atoms with E-state index in [2.05, 4.69) is 15.5 Å². The summed E-state index contributed by atoms with van der Waals surface area (Å²) in [6, 6.07) is 9.91. The number of nitrogens with one attached hydrogen (secondary N) is 2. The summed E-state index contributed by atoms with van der Waals surface area (Å²) in [4.78, 5) is 14.3. The maximum Gasteiger partial charge on any atom is 0.275 e. The van der Waals surface area contributed by atoms with Crippen LogP contribution in [0.4, 0.5) is 10.1 Å². The third kappa shape index (κ3) is 3.50. The fourth-order valence-corrected chi connectivity index (χ4v) is 3.45. The number of ether oxygens (including phenoxy) is 1. The van der Waals surface area contributed by atoms with E-state index in [1.165, 1.54) is 12.1 Å².